The highest BCUT2D eigenvalue weighted by atomic mass is 35.5. The van der Waals surface area contributed by atoms with E-state index in [0.29, 0.717) is 23.1 Å². The molecule has 0 saturated carbocycles. The van der Waals surface area contributed by atoms with Gasteiger partial charge in [0.05, 0.1) is 16.1 Å². The zero-order chi connectivity index (χ0) is 13.7. The van der Waals surface area contributed by atoms with Gasteiger partial charge in [0.1, 0.15) is 0 Å². The standard InChI is InChI=1S/C14H20Cl2N2O/c15-13-5-3-4-11(14(13)16)8-17-9-12(19)10-18-6-1-2-7-18/h3-5,12,17,19H,1-2,6-10H2. The van der Waals surface area contributed by atoms with Gasteiger partial charge in [0.15, 0.2) is 0 Å². The Labute approximate surface area is 124 Å². The number of nitrogens with zero attached hydrogens (tertiary/aromatic N) is 1. The Kier molecular flexibility index (Phi) is 5.92. The molecule has 0 radical (unpaired) electrons. The highest BCUT2D eigenvalue weighted by Gasteiger charge is 2.15. The van der Waals surface area contributed by atoms with Crippen molar-refractivity contribution in [2.24, 2.45) is 0 Å². The van der Waals surface area contributed by atoms with Crippen molar-refractivity contribution in [1.82, 2.24) is 10.2 Å². The molecule has 2 N–H and O–H groups in total. The lowest BCUT2D eigenvalue weighted by atomic mass is 10.2. The Morgan fingerprint density at radius 3 is 2.74 bits per heavy atom. The van der Waals surface area contributed by atoms with Crippen molar-refractivity contribution < 1.29 is 5.11 Å². The van der Waals surface area contributed by atoms with Gasteiger partial charge >= 0.3 is 0 Å². The van der Waals surface area contributed by atoms with Crippen LogP contribution in [-0.2, 0) is 6.54 Å². The van der Waals surface area contributed by atoms with Gasteiger partial charge in [0, 0.05) is 19.6 Å². The Balaban J connectivity index is 1.72. The first-order chi connectivity index (χ1) is 9.16. The summed E-state index contributed by atoms with van der Waals surface area (Å²) in [6.07, 6.45) is 2.16. The van der Waals surface area contributed by atoms with E-state index in [4.69, 9.17) is 23.2 Å². The topological polar surface area (TPSA) is 35.5 Å². The van der Waals surface area contributed by atoms with Gasteiger partial charge in [-0.25, -0.2) is 0 Å². The summed E-state index contributed by atoms with van der Waals surface area (Å²) in [5, 5.41) is 14.3. The van der Waals surface area contributed by atoms with E-state index >= 15 is 0 Å². The minimum absolute atomic E-state index is 0.337. The Hall–Kier alpha value is -0.320. The summed E-state index contributed by atoms with van der Waals surface area (Å²) in [6, 6.07) is 5.59. The molecule has 5 heteroatoms. The molecular formula is C14H20Cl2N2O. The molecule has 1 unspecified atom stereocenters. The molecule has 2 rings (SSSR count). The molecule has 0 amide bonds. The molecule has 1 aliphatic heterocycles. The summed E-state index contributed by atoms with van der Waals surface area (Å²) in [5.41, 5.74) is 0.961. The van der Waals surface area contributed by atoms with Gasteiger partial charge in [0.25, 0.3) is 0 Å². The number of halogens is 2. The number of β-amino-alcohol motifs (C(OH)–C–C–N with tert-alkyl or cyclic N) is 1. The zero-order valence-electron chi connectivity index (χ0n) is 10.9. The van der Waals surface area contributed by atoms with Crippen molar-refractivity contribution >= 4 is 23.2 Å². The number of aliphatic hydroxyl groups is 1. The largest absolute Gasteiger partial charge is 0.390 e. The maximum Gasteiger partial charge on any atom is 0.0791 e. The quantitative estimate of drug-likeness (QED) is 0.848. The summed E-state index contributed by atoms with van der Waals surface area (Å²) >= 11 is 12.1. The van der Waals surface area contributed by atoms with Gasteiger partial charge in [-0.05, 0) is 37.6 Å². The van der Waals surface area contributed by atoms with Crippen LogP contribution in [0, 0.1) is 0 Å². The molecule has 19 heavy (non-hydrogen) atoms. The van der Waals surface area contributed by atoms with Crippen LogP contribution in [0.5, 0.6) is 0 Å². The second kappa shape index (κ2) is 7.46. The van der Waals surface area contributed by atoms with Crippen molar-refractivity contribution in [1.29, 1.82) is 0 Å². The second-order valence-corrected chi connectivity index (χ2v) is 5.79. The van der Waals surface area contributed by atoms with Crippen LogP contribution >= 0.6 is 23.2 Å². The number of nitrogens with one attached hydrogen (secondary N) is 1. The Morgan fingerprint density at radius 1 is 1.26 bits per heavy atom. The molecule has 106 valence electrons. The normalized spacial score (nSPS) is 17.8. The van der Waals surface area contributed by atoms with Crippen LogP contribution in [0.4, 0.5) is 0 Å². The zero-order valence-corrected chi connectivity index (χ0v) is 12.4. The van der Waals surface area contributed by atoms with E-state index in [9.17, 15) is 5.11 Å². The van der Waals surface area contributed by atoms with Gasteiger partial charge in [0.2, 0.25) is 0 Å². The smallest absolute Gasteiger partial charge is 0.0791 e. The third kappa shape index (κ3) is 4.62. The molecule has 0 bridgehead atoms. The molecule has 1 aliphatic rings. The average molecular weight is 303 g/mol. The monoisotopic (exact) mass is 302 g/mol. The van der Waals surface area contributed by atoms with Gasteiger partial charge in [-0.3, -0.25) is 0 Å². The number of hydrogen-bond donors (Lipinski definition) is 2. The summed E-state index contributed by atoms with van der Waals surface area (Å²) in [6.45, 7) is 4.15. The first-order valence-electron chi connectivity index (χ1n) is 6.71. The number of aliphatic hydroxyl groups excluding tert-OH is 1. The van der Waals surface area contributed by atoms with E-state index in [0.717, 1.165) is 25.2 Å². The molecule has 1 aromatic rings. The predicted molar refractivity (Wildman–Crippen MR) is 79.8 cm³/mol. The maximum atomic E-state index is 9.95. The third-order valence-corrected chi connectivity index (χ3v) is 4.25. The molecular weight excluding hydrogens is 283 g/mol. The second-order valence-electron chi connectivity index (χ2n) is 5.01. The molecule has 0 aromatic heterocycles. The van der Waals surface area contributed by atoms with Gasteiger partial charge in [-0.1, -0.05) is 35.3 Å². The van der Waals surface area contributed by atoms with E-state index in [1.165, 1.54) is 12.8 Å². The Morgan fingerprint density at radius 2 is 2.00 bits per heavy atom. The number of likely N-dealkylation sites (tertiary alicyclic amines) is 1. The molecule has 1 atom stereocenters. The fourth-order valence-corrected chi connectivity index (χ4v) is 2.77. The van der Waals surface area contributed by atoms with Gasteiger partial charge in [-0.15, -0.1) is 0 Å². The number of rotatable bonds is 6. The predicted octanol–water partition coefficient (Wildman–Crippen LogP) is 2.54. The van der Waals surface area contributed by atoms with Crippen molar-refractivity contribution in [3.8, 4) is 0 Å². The number of hydrogen-bond acceptors (Lipinski definition) is 3. The maximum absolute atomic E-state index is 9.95. The van der Waals surface area contributed by atoms with Gasteiger partial charge < -0.3 is 15.3 Å². The summed E-state index contributed by atoms with van der Waals surface area (Å²) in [5.74, 6) is 0. The van der Waals surface area contributed by atoms with E-state index in [1.807, 2.05) is 12.1 Å². The highest BCUT2D eigenvalue weighted by molar-refractivity contribution is 6.42. The summed E-state index contributed by atoms with van der Waals surface area (Å²) in [7, 11) is 0. The van der Waals surface area contributed by atoms with E-state index < -0.39 is 0 Å². The number of benzene rings is 1. The van der Waals surface area contributed by atoms with Crippen LogP contribution in [0.3, 0.4) is 0 Å². The van der Waals surface area contributed by atoms with Crippen LogP contribution in [0.15, 0.2) is 18.2 Å². The van der Waals surface area contributed by atoms with Gasteiger partial charge in [-0.2, -0.15) is 0 Å². The molecule has 1 fully saturated rings. The highest BCUT2D eigenvalue weighted by Crippen LogP contribution is 2.25. The van der Waals surface area contributed by atoms with Crippen LogP contribution in [-0.4, -0.2) is 42.3 Å². The lowest BCUT2D eigenvalue weighted by Gasteiger charge is -2.19. The molecule has 1 saturated heterocycles. The Bertz CT molecular complexity index is 408. The molecule has 0 aliphatic carbocycles. The van der Waals surface area contributed by atoms with E-state index in [-0.39, 0.29) is 6.10 Å². The van der Waals surface area contributed by atoms with Crippen molar-refractivity contribution in [3.05, 3.63) is 33.8 Å². The van der Waals surface area contributed by atoms with Crippen LogP contribution in [0.2, 0.25) is 10.0 Å². The fraction of sp³-hybridized carbons (Fsp3) is 0.571. The first-order valence-corrected chi connectivity index (χ1v) is 7.46. The van der Waals surface area contributed by atoms with E-state index in [2.05, 4.69) is 10.2 Å². The minimum Gasteiger partial charge on any atom is -0.390 e. The van der Waals surface area contributed by atoms with Crippen molar-refractivity contribution in [2.45, 2.75) is 25.5 Å². The van der Waals surface area contributed by atoms with E-state index in [1.54, 1.807) is 6.07 Å². The van der Waals surface area contributed by atoms with Crippen LogP contribution in [0.25, 0.3) is 0 Å². The average Bonchev–Trinajstić information content (AvgIpc) is 2.87. The van der Waals surface area contributed by atoms with Crippen LogP contribution in [0.1, 0.15) is 18.4 Å². The molecule has 0 spiro atoms. The first kappa shape index (κ1) is 15.1. The third-order valence-electron chi connectivity index (χ3n) is 3.39. The molecule has 1 aromatic carbocycles. The minimum atomic E-state index is -0.337. The van der Waals surface area contributed by atoms with Crippen molar-refractivity contribution in [2.75, 3.05) is 26.2 Å². The summed E-state index contributed by atoms with van der Waals surface area (Å²) in [4.78, 5) is 2.30. The SMILES string of the molecule is OC(CNCc1cccc(Cl)c1Cl)CN1CCCC1. The van der Waals surface area contributed by atoms with Crippen molar-refractivity contribution in [3.63, 3.8) is 0 Å². The molecule has 1 heterocycles. The molecule has 3 nitrogen and oxygen atoms in total. The van der Waals surface area contributed by atoms with Crippen LogP contribution < -0.4 is 5.32 Å². The summed E-state index contributed by atoms with van der Waals surface area (Å²) < 4.78 is 0. The lowest BCUT2D eigenvalue weighted by Crippen LogP contribution is -2.36. The fourth-order valence-electron chi connectivity index (χ4n) is 2.39. The lowest BCUT2D eigenvalue weighted by molar-refractivity contribution is 0.123.